The van der Waals surface area contributed by atoms with Gasteiger partial charge in [-0.25, -0.2) is 0 Å². The van der Waals surface area contributed by atoms with Crippen LogP contribution in [-0.2, 0) is 6.54 Å². The fourth-order valence-corrected chi connectivity index (χ4v) is 2.36. The maximum atomic E-state index is 10.6. The Labute approximate surface area is 130 Å². The summed E-state index contributed by atoms with van der Waals surface area (Å²) in [6.07, 6.45) is 1.02. The molecule has 0 saturated carbocycles. The van der Waals surface area contributed by atoms with Crippen molar-refractivity contribution in [1.29, 1.82) is 0 Å². The molecule has 22 heavy (non-hydrogen) atoms. The number of furan rings is 1. The lowest BCUT2D eigenvalue weighted by Crippen LogP contribution is -2.31. The predicted octanol–water partition coefficient (Wildman–Crippen LogP) is 0.758. The number of nitrogens with one attached hydrogen (secondary N) is 1. The second-order valence-corrected chi connectivity index (χ2v) is 5.61. The van der Waals surface area contributed by atoms with Gasteiger partial charge >= 0.3 is 0 Å². The Morgan fingerprint density at radius 3 is 2.91 bits per heavy atom. The molecule has 1 aromatic heterocycles. The van der Waals surface area contributed by atoms with Crippen molar-refractivity contribution in [2.75, 3.05) is 52.2 Å². The fourth-order valence-electron chi connectivity index (χ4n) is 2.36. The van der Waals surface area contributed by atoms with Crippen LogP contribution in [0.4, 0.5) is 5.88 Å². The van der Waals surface area contributed by atoms with Gasteiger partial charge in [0, 0.05) is 39.3 Å². The third-order valence-corrected chi connectivity index (χ3v) is 3.46. The van der Waals surface area contributed by atoms with Gasteiger partial charge in [0.25, 0.3) is 6.20 Å². The van der Waals surface area contributed by atoms with Crippen LogP contribution in [0.1, 0.15) is 5.76 Å². The van der Waals surface area contributed by atoms with Crippen molar-refractivity contribution in [3.63, 3.8) is 0 Å². The van der Waals surface area contributed by atoms with Crippen molar-refractivity contribution in [2.45, 2.75) is 6.54 Å². The van der Waals surface area contributed by atoms with E-state index in [1.165, 1.54) is 0 Å². The average Bonchev–Trinajstić information content (AvgIpc) is 3.04. The molecule has 2 rings (SSSR count). The molecule has 2 heterocycles. The monoisotopic (exact) mass is 309 g/mol. The van der Waals surface area contributed by atoms with Crippen molar-refractivity contribution in [3.05, 3.63) is 40.0 Å². The van der Waals surface area contributed by atoms with E-state index in [0.29, 0.717) is 12.4 Å². The van der Waals surface area contributed by atoms with Crippen LogP contribution >= 0.6 is 0 Å². The molecule has 1 saturated heterocycles. The molecule has 0 aromatic carbocycles. The zero-order valence-electron chi connectivity index (χ0n) is 13.3. The van der Waals surface area contributed by atoms with Crippen LogP contribution in [0.25, 0.3) is 0 Å². The minimum absolute atomic E-state index is 0.426. The molecule has 0 spiro atoms. The molecule has 1 fully saturated rings. The van der Waals surface area contributed by atoms with E-state index in [0.717, 1.165) is 44.0 Å². The predicted molar refractivity (Wildman–Crippen MR) is 84.0 cm³/mol. The number of nitrogens with zero attached hydrogens (tertiary/aromatic N) is 4. The quantitative estimate of drug-likeness (QED) is 0.588. The molecular formula is C14H23N5O3. The minimum Gasteiger partial charge on any atom is -0.444 e. The Balaban J connectivity index is 1.88. The van der Waals surface area contributed by atoms with Crippen LogP contribution in [0.5, 0.6) is 0 Å². The highest BCUT2D eigenvalue weighted by Gasteiger charge is 2.20. The Bertz CT molecular complexity index is 540. The van der Waals surface area contributed by atoms with E-state index < -0.39 is 4.92 Å². The van der Waals surface area contributed by atoms with Gasteiger partial charge in [0.2, 0.25) is 0 Å². The molecule has 0 amide bonds. The molecule has 1 aliphatic heterocycles. The van der Waals surface area contributed by atoms with Gasteiger partial charge in [-0.15, -0.1) is 0 Å². The number of hydrogen-bond acceptors (Lipinski definition) is 7. The zero-order chi connectivity index (χ0) is 16.1. The summed E-state index contributed by atoms with van der Waals surface area (Å²) in [4.78, 5) is 16.2. The lowest BCUT2D eigenvalue weighted by molar-refractivity contribution is -0.404. The van der Waals surface area contributed by atoms with Crippen molar-refractivity contribution < 1.29 is 9.34 Å². The highest BCUT2D eigenvalue weighted by atomic mass is 16.6. The highest BCUT2D eigenvalue weighted by molar-refractivity contribution is 5.35. The highest BCUT2D eigenvalue weighted by Crippen LogP contribution is 2.18. The Kier molecular flexibility index (Phi) is 5.26. The molecular weight excluding hydrogens is 286 g/mol. The summed E-state index contributed by atoms with van der Waals surface area (Å²) >= 11 is 0. The van der Waals surface area contributed by atoms with Crippen LogP contribution in [0.15, 0.2) is 28.6 Å². The third kappa shape index (κ3) is 4.39. The largest absolute Gasteiger partial charge is 0.444 e. The molecule has 1 aromatic rings. The van der Waals surface area contributed by atoms with Gasteiger partial charge in [-0.1, -0.05) is 0 Å². The molecule has 1 N–H and O–H groups in total. The van der Waals surface area contributed by atoms with Gasteiger partial charge in [-0.3, -0.25) is 10.1 Å². The standard InChI is InChI=1S/C14H23N5O3/c1-16(2)10-12-4-5-14(22-12)17(3)8-9-18-7-6-15-13(18)11-19(20)21/h4-5,11,15H,6-10H2,1-3H3. The second-order valence-electron chi connectivity index (χ2n) is 5.61. The van der Waals surface area contributed by atoms with E-state index in [2.05, 4.69) is 5.32 Å². The van der Waals surface area contributed by atoms with E-state index in [9.17, 15) is 10.1 Å². The zero-order valence-corrected chi connectivity index (χ0v) is 13.3. The maximum Gasteiger partial charge on any atom is 0.274 e. The van der Waals surface area contributed by atoms with Gasteiger partial charge in [0.15, 0.2) is 11.7 Å². The fraction of sp³-hybridized carbons (Fsp3) is 0.571. The molecule has 0 atom stereocenters. The summed E-state index contributed by atoms with van der Waals surface area (Å²) in [5, 5.41) is 13.6. The minimum atomic E-state index is -0.426. The van der Waals surface area contributed by atoms with Crippen LogP contribution in [-0.4, -0.2) is 62.0 Å². The summed E-state index contributed by atoms with van der Waals surface area (Å²) < 4.78 is 5.79. The SMILES string of the molecule is CN(C)Cc1ccc(N(C)CCN2CCNC2=C[N+](=O)[O-])o1. The van der Waals surface area contributed by atoms with E-state index in [4.69, 9.17) is 4.42 Å². The number of rotatable bonds is 7. The van der Waals surface area contributed by atoms with E-state index >= 15 is 0 Å². The van der Waals surface area contributed by atoms with Gasteiger partial charge < -0.3 is 24.4 Å². The first-order chi connectivity index (χ1) is 10.5. The summed E-state index contributed by atoms with van der Waals surface area (Å²) in [6, 6.07) is 3.93. The summed E-state index contributed by atoms with van der Waals surface area (Å²) in [6.45, 7) is 3.70. The van der Waals surface area contributed by atoms with Gasteiger partial charge in [0.1, 0.15) is 5.76 Å². The number of nitro groups is 1. The summed E-state index contributed by atoms with van der Waals surface area (Å²) in [5.74, 6) is 2.30. The van der Waals surface area contributed by atoms with Crippen LogP contribution in [0, 0.1) is 10.1 Å². The molecule has 0 bridgehead atoms. The third-order valence-electron chi connectivity index (χ3n) is 3.46. The molecule has 122 valence electrons. The number of hydrogen-bond donors (Lipinski definition) is 1. The molecule has 0 radical (unpaired) electrons. The molecule has 0 aliphatic carbocycles. The Hall–Kier alpha value is -2.22. The van der Waals surface area contributed by atoms with Crippen LogP contribution < -0.4 is 10.2 Å². The summed E-state index contributed by atoms with van der Waals surface area (Å²) in [5.41, 5.74) is 0. The lowest BCUT2D eigenvalue weighted by Gasteiger charge is -2.22. The lowest BCUT2D eigenvalue weighted by atomic mass is 10.4. The summed E-state index contributed by atoms with van der Waals surface area (Å²) in [7, 11) is 5.95. The van der Waals surface area contributed by atoms with E-state index in [-0.39, 0.29) is 0 Å². The van der Waals surface area contributed by atoms with Gasteiger partial charge in [-0.05, 0) is 20.2 Å². The number of likely N-dealkylation sites (N-methyl/N-ethyl adjacent to an activating group) is 1. The van der Waals surface area contributed by atoms with Crippen molar-refractivity contribution >= 4 is 5.88 Å². The smallest absolute Gasteiger partial charge is 0.274 e. The van der Waals surface area contributed by atoms with Crippen molar-refractivity contribution in [3.8, 4) is 0 Å². The van der Waals surface area contributed by atoms with E-state index in [1.54, 1.807) is 0 Å². The van der Waals surface area contributed by atoms with Crippen molar-refractivity contribution in [1.82, 2.24) is 15.1 Å². The maximum absolute atomic E-state index is 10.6. The second kappa shape index (κ2) is 7.17. The molecule has 1 aliphatic rings. The van der Waals surface area contributed by atoms with Crippen LogP contribution in [0.2, 0.25) is 0 Å². The topological polar surface area (TPSA) is 78.0 Å². The first-order valence-corrected chi connectivity index (χ1v) is 7.24. The Morgan fingerprint density at radius 2 is 2.23 bits per heavy atom. The molecule has 0 unspecified atom stereocenters. The average molecular weight is 309 g/mol. The van der Waals surface area contributed by atoms with Gasteiger partial charge in [-0.2, -0.15) is 0 Å². The molecule has 8 heteroatoms. The molecule has 8 nitrogen and oxygen atoms in total. The number of anilines is 1. The first kappa shape index (κ1) is 16.2. The Morgan fingerprint density at radius 1 is 1.45 bits per heavy atom. The van der Waals surface area contributed by atoms with E-state index in [1.807, 2.05) is 48.0 Å². The van der Waals surface area contributed by atoms with Crippen LogP contribution in [0.3, 0.4) is 0 Å². The first-order valence-electron chi connectivity index (χ1n) is 7.24. The normalized spacial score (nSPS) is 16.4. The van der Waals surface area contributed by atoms with Gasteiger partial charge in [0.05, 0.1) is 11.5 Å². The van der Waals surface area contributed by atoms with Crippen molar-refractivity contribution in [2.24, 2.45) is 0 Å².